The lowest BCUT2D eigenvalue weighted by atomic mass is 9.65. The fraction of sp³-hybridized carbons (Fsp3) is 1.00. The lowest BCUT2D eigenvalue weighted by molar-refractivity contribution is -0.0749. The molecule has 0 heterocycles. The Hall–Kier alpha value is -0.0400. The molecule has 4 rings (SSSR count). The van der Waals surface area contributed by atoms with Gasteiger partial charge < -0.3 is 5.11 Å². The number of fused-ring (bicyclic) bond motifs is 1. The van der Waals surface area contributed by atoms with Gasteiger partial charge in [-0.3, -0.25) is 0 Å². The third-order valence-corrected chi connectivity index (χ3v) is 5.15. The van der Waals surface area contributed by atoms with Crippen LogP contribution in [-0.4, -0.2) is 10.7 Å². The first-order valence-electron chi connectivity index (χ1n) is 6.42. The third kappa shape index (κ3) is 1.25. The van der Waals surface area contributed by atoms with Gasteiger partial charge in [0.15, 0.2) is 0 Å². The van der Waals surface area contributed by atoms with Crippen LogP contribution in [0, 0.1) is 23.7 Å². The van der Waals surface area contributed by atoms with E-state index >= 15 is 0 Å². The van der Waals surface area contributed by atoms with Crippen molar-refractivity contribution in [3.8, 4) is 0 Å². The summed E-state index contributed by atoms with van der Waals surface area (Å²) < 4.78 is 0. The Morgan fingerprint density at radius 3 is 2.14 bits per heavy atom. The minimum Gasteiger partial charge on any atom is -0.390 e. The fourth-order valence-corrected chi connectivity index (χ4v) is 4.81. The normalized spacial score (nSPS) is 56.1. The summed E-state index contributed by atoms with van der Waals surface area (Å²) in [5.74, 6) is 3.31. The van der Waals surface area contributed by atoms with Crippen LogP contribution in [0.15, 0.2) is 0 Å². The molecule has 4 bridgehead atoms. The number of rotatable bonds is 1. The molecule has 14 heavy (non-hydrogen) atoms. The first-order chi connectivity index (χ1) is 6.69. The summed E-state index contributed by atoms with van der Waals surface area (Å²) >= 11 is 0. The van der Waals surface area contributed by atoms with Gasteiger partial charge in [-0.1, -0.05) is 13.3 Å². The van der Waals surface area contributed by atoms with E-state index < -0.39 is 0 Å². The van der Waals surface area contributed by atoms with Gasteiger partial charge in [-0.05, 0) is 62.2 Å². The van der Waals surface area contributed by atoms with Gasteiger partial charge in [0.2, 0.25) is 0 Å². The molecule has 4 aliphatic carbocycles. The van der Waals surface area contributed by atoms with Crippen LogP contribution >= 0.6 is 0 Å². The third-order valence-electron chi connectivity index (χ3n) is 5.15. The van der Waals surface area contributed by atoms with Crippen molar-refractivity contribution in [2.75, 3.05) is 0 Å². The van der Waals surface area contributed by atoms with E-state index in [1.54, 1.807) is 0 Å². The molecule has 3 unspecified atom stereocenters. The molecule has 0 aromatic carbocycles. The van der Waals surface area contributed by atoms with Gasteiger partial charge in [0.1, 0.15) is 0 Å². The summed E-state index contributed by atoms with van der Waals surface area (Å²) in [4.78, 5) is 0. The Kier molecular flexibility index (Phi) is 1.96. The van der Waals surface area contributed by atoms with E-state index in [9.17, 15) is 5.11 Å². The second-order valence-electron chi connectivity index (χ2n) is 6.16. The SMILES string of the molecule is CCC1CC2CC3CC(C2)CC1(O)C3. The standard InChI is InChI=1S/C13H22O/c1-2-12-6-9-3-10-5-11(4-9)8-13(12,14)7-10/h9-12,14H,2-8H2,1H3. The van der Waals surface area contributed by atoms with E-state index in [0.717, 1.165) is 30.6 Å². The Morgan fingerprint density at radius 2 is 1.57 bits per heavy atom. The van der Waals surface area contributed by atoms with Crippen molar-refractivity contribution < 1.29 is 5.11 Å². The van der Waals surface area contributed by atoms with E-state index in [1.165, 1.54) is 32.1 Å². The lowest BCUT2D eigenvalue weighted by Gasteiger charge is -2.44. The van der Waals surface area contributed by atoms with Gasteiger partial charge in [-0.15, -0.1) is 0 Å². The Morgan fingerprint density at radius 1 is 1.00 bits per heavy atom. The summed E-state index contributed by atoms with van der Waals surface area (Å²) in [6.07, 6.45) is 9.03. The molecule has 0 amide bonds. The second-order valence-corrected chi connectivity index (χ2v) is 6.16. The highest BCUT2D eigenvalue weighted by Gasteiger charge is 2.50. The van der Waals surface area contributed by atoms with Crippen molar-refractivity contribution in [1.29, 1.82) is 0 Å². The lowest BCUT2D eigenvalue weighted by Crippen LogP contribution is -2.43. The van der Waals surface area contributed by atoms with Crippen LogP contribution in [0.4, 0.5) is 0 Å². The van der Waals surface area contributed by atoms with Gasteiger partial charge in [0, 0.05) is 0 Å². The van der Waals surface area contributed by atoms with Gasteiger partial charge >= 0.3 is 0 Å². The first kappa shape index (κ1) is 9.21. The van der Waals surface area contributed by atoms with Crippen molar-refractivity contribution in [2.45, 2.75) is 57.5 Å². The molecule has 0 radical (unpaired) electrons. The summed E-state index contributed by atoms with van der Waals surface area (Å²) in [7, 11) is 0. The van der Waals surface area contributed by atoms with Crippen LogP contribution in [0.1, 0.15) is 51.9 Å². The maximum Gasteiger partial charge on any atom is 0.0681 e. The maximum absolute atomic E-state index is 10.7. The zero-order valence-electron chi connectivity index (χ0n) is 9.21. The molecule has 3 atom stereocenters. The molecular weight excluding hydrogens is 172 g/mol. The number of hydrogen-bond donors (Lipinski definition) is 1. The molecular formula is C13H22O. The van der Waals surface area contributed by atoms with Crippen LogP contribution in [0.25, 0.3) is 0 Å². The molecule has 4 aliphatic rings. The maximum atomic E-state index is 10.7. The van der Waals surface area contributed by atoms with Crippen molar-refractivity contribution in [3.63, 3.8) is 0 Å². The summed E-state index contributed by atoms with van der Waals surface area (Å²) in [6, 6.07) is 0. The summed E-state index contributed by atoms with van der Waals surface area (Å²) in [6.45, 7) is 2.26. The first-order valence-corrected chi connectivity index (χ1v) is 6.42. The monoisotopic (exact) mass is 194 g/mol. The molecule has 0 spiro atoms. The minimum atomic E-state index is -0.256. The van der Waals surface area contributed by atoms with Crippen LogP contribution in [0.5, 0.6) is 0 Å². The van der Waals surface area contributed by atoms with E-state index in [4.69, 9.17) is 0 Å². The van der Waals surface area contributed by atoms with E-state index in [-0.39, 0.29) is 5.60 Å². The zero-order valence-corrected chi connectivity index (χ0v) is 9.21. The molecule has 1 heteroatoms. The molecule has 1 nitrogen and oxygen atoms in total. The molecule has 0 aliphatic heterocycles. The predicted molar refractivity (Wildman–Crippen MR) is 56.9 cm³/mol. The number of aliphatic hydroxyl groups is 1. The van der Waals surface area contributed by atoms with Crippen molar-refractivity contribution >= 4 is 0 Å². The molecule has 0 aromatic rings. The average molecular weight is 194 g/mol. The van der Waals surface area contributed by atoms with Crippen molar-refractivity contribution in [1.82, 2.24) is 0 Å². The smallest absolute Gasteiger partial charge is 0.0681 e. The quantitative estimate of drug-likeness (QED) is 0.680. The van der Waals surface area contributed by atoms with Gasteiger partial charge in [-0.2, -0.15) is 0 Å². The predicted octanol–water partition coefficient (Wildman–Crippen LogP) is 2.97. The average Bonchev–Trinajstić information content (AvgIpc) is 2.25. The molecule has 80 valence electrons. The molecule has 4 saturated carbocycles. The zero-order chi connectivity index (χ0) is 9.76. The van der Waals surface area contributed by atoms with Crippen molar-refractivity contribution in [3.05, 3.63) is 0 Å². The summed E-state index contributed by atoms with van der Waals surface area (Å²) in [5.41, 5.74) is -0.256. The highest BCUT2D eigenvalue weighted by Crippen LogP contribution is 2.55. The largest absolute Gasteiger partial charge is 0.390 e. The minimum absolute atomic E-state index is 0.256. The molecule has 0 aromatic heterocycles. The van der Waals surface area contributed by atoms with E-state index in [0.29, 0.717) is 5.92 Å². The fourth-order valence-electron chi connectivity index (χ4n) is 4.81. The van der Waals surface area contributed by atoms with Gasteiger partial charge in [0.25, 0.3) is 0 Å². The second kappa shape index (κ2) is 2.98. The van der Waals surface area contributed by atoms with Crippen LogP contribution in [0.3, 0.4) is 0 Å². The Balaban J connectivity index is 1.94. The highest BCUT2D eigenvalue weighted by molar-refractivity contribution is 5.02. The van der Waals surface area contributed by atoms with Crippen LogP contribution < -0.4 is 0 Å². The topological polar surface area (TPSA) is 20.2 Å². The molecule has 1 N–H and O–H groups in total. The van der Waals surface area contributed by atoms with Crippen molar-refractivity contribution in [2.24, 2.45) is 23.7 Å². The van der Waals surface area contributed by atoms with Gasteiger partial charge in [-0.25, -0.2) is 0 Å². The van der Waals surface area contributed by atoms with Crippen LogP contribution in [-0.2, 0) is 0 Å². The molecule has 4 fully saturated rings. The Bertz CT molecular complexity index is 221. The molecule has 0 saturated heterocycles. The van der Waals surface area contributed by atoms with E-state index in [1.807, 2.05) is 0 Å². The van der Waals surface area contributed by atoms with E-state index in [2.05, 4.69) is 6.92 Å². The Labute approximate surface area is 86.9 Å². The highest BCUT2D eigenvalue weighted by atomic mass is 16.3. The van der Waals surface area contributed by atoms with Gasteiger partial charge in [0.05, 0.1) is 5.60 Å². The number of hydrogen-bond acceptors (Lipinski definition) is 1. The summed E-state index contributed by atoms with van der Waals surface area (Å²) in [5, 5.41) is 10.7. The van der Waals surface area contributed by atoms with Crippen LogP contribution in [0.2, 0.25) is 0 Å².